The number of likely N-dealkylation sites (N-methyl/N-ethyl adjacent to an activating group) is 1. The Labute approximate surface area is 67.3 Å². The Bertz CT molecular complexity index is 107. The molecule has 0 fully saturated rings. The zero-order valence-electron chi connectivity index (χ0n) is 6.85. The van der Waals surface area contributed by atoms with Crippen molar-refractivity contribution in [2.75, 3.05) is 33.4 Å². The van der Waals surface area contributed by atoms with Crippen molar-refractivity contribution in [2.24, 2.45) is 0 Å². The smallest absolute Gasteiger partial charge is 0.246 e. The molecule has 0 bridgehead atoms. The maximum atomic E-state index is 10.8. The van der Waals surface area contributed by atoms with E-state index in [1.54, 1.807) is 0 Å². The maximum absolute atomic E-state index is 10.8. The first-order chi connectivity index (χ1) is 5.31. The van der Waals surface area contributed by atoms with Crippen LogP contribution in [0.3, 0.4) is 0 Å². The second-order valence-corrected chi connectivity index (χ2v) is 2.01. The molecule has 0 atom stereocenters. The van der Waals surface area contributed by atoms with Crippen LogP contribution in [0.2, 0.25) is 0 Å². The van der Waals surface area contributed by atoms with Gasteiger partial charge in [-0.05, 0) is 14.0 Å². The van der Waals surface area contributed by atoms with E-state index in [4.69, 9.17) is 4.74 Å². The molecule has 0 aromatic carbocycles. The molecular weight excluding hydrogens is 144 g/mol. The van der Waals surface area contributed by atoms with Crippen LogP contribution in [0.15, 0.2) is 0 Å². The first kappa shape index (κ1) is 10.4. The van der Waals surface area contributed by atoms with Gasteiger partial charge in [-0.3, -0.25) is 4.79 Å². The lowest BCUT2D eigenvalue weighted by Crippen LogP contribution is -2.33. The predicted octanol–water partition coefficient (Wildman–Crippen LogP) is -0.827. The average Bonchev–Trinajstić information content (AvgIpc) is 2.01. The Morgan fingerprint density at radius 3 is 2.82 bits per heavy atom. The van der Waals surface area contributed by atoms with Gasteiger partial charge in [-0.15, -0.1) is 0 Å². The molecular formula is C7H15N2O2. The summed E-state index contributed by atoms with van der Waals surface area (Å²) in [5.41, 5.74) is 0. The summed E-state index contributed by atoms with van der Waals surface area (Å²) in [5, 5.41) is 5.58. The minimum absolute atomic E-state index is 0.0936. The van der Waals surface area contributed by atoms with Crippen LogP contribution in [0.4, 0.5) is 0 Å². The average molecular weight is 159 g/mol. The highest BCUT2D eigenvalue weighted by atomic mass is 16.5. The second-order valence-electron chi connectivity index (χ2n) is 2.01. The van der Waals surface area contributed by atoms with Gasteiger partial charge in [0.15, 0.2) is 0 Å². The van der Waals surface area contributed by atoms with E-state index >= 15 is 0 Å². The number of amides is 1. The lowest BCUT2D eigenvalue weighted by molar-refractivity contribution is -0.125. The zero-order chi connectivity index (χ0) is 8.53. The molecule has 0 heterocycles. The van der Waals surface area contributed by atoms with E-state index in [1.807, 2.05) is 7.05 Å². The monoisotopic (exact) mass is 159 g/mol. The van der Waals surface area contributed by atoms with Crippen molar-refractivity contribution in [3.05, 3.63) is 6.92 Å². The normalized spacial score (nSPS) is 9.64. The molecule has 0 aromatic heterocycles. The number of carbonyl (C=O) groups is 1. The highest BCUT2D eigenvalue weighted by Crippen LogP contribution is 1.72. The number of nitrogens with one attached hydrogen (secondary N) is 2. The van der Waals surface area contributed by atoms with Crippen LogP contribution in [-0.4, -0.2) is 39.3 Å². The molecule has 1 radical (unpaired) electrons. The first-order valence-electron chi connectivity index (χ1n) is 3.59. The van der Waals surface area contributed by atoms with E-state index in [0.717, 1.165) is 6.54 Å². The van der Waals surface area contributed by atoms with Crippen molar-refractivity contribution in [3.8, 4) is 0 Å². The van der Waals surface area contributed by atoms with Crippen LogP contribution in [0.1, 0.15) is 0 Å². The number of hydrogen-bond acceptors (Lipinski definition) is 3. The van der Waals surface area contributed by atoms with Crippen LogP contribution < -0.4 is 10.6 Å². The van der Waals surface area contributed by atoms with Gasteiger partial charge >= 0.3 is 0 Å². The Kier molecular flexibility index (Phi) is 7.08. The molecule has 0 rings (SSSR count). The molecule has 0 saturated heterocycles. The third-order valence-corrected chi connectivity index (χ3v) is 1.07. The summed E-state index contributed by atoms with van der Waals surface area (Å²) in [6.07, 6.45) is 0. The molecule has 65 valence electrons. The molecule has 11 heavy (non-hydrogen) atoms. The summed E-state index contributed by atoms with van der Waals surface area (Å²) in [7, 11) is 1.83. The van der Waals surface area contributed by atoms with Gasteiger partial charge in [0.1, 0.15) is 6.61 Å². The number of rotatable bonds is 6. The molecule has 0 aliphatic heterocycles. The van der Waals surface area contributed by atoms with E-state index < -0.39 is 0 Å². The third-order valence-electron chi connectivity index (χ3n) is 1.07. The van der Waals surface area contributed by atoms with Crippen molar-refractivity contribution in [1.29, 1.82) is 0 Å². The van der Waals surface area contributed by atoms with Crippen LogP contribution in [0.5, 0.6) is 0 Å². The molecule has 0 saturated carbocycles. The third kappa shape index (κ3) is 7.29. The fraction of sp³-hybridized carbons (Fsp3) is 0.714. The highest BCUT2D eigenvalue weighted by Gasteiger charge is 1.97. The van der Waals surface area contributed by atoms with Gasteiger partial charge in [0.05, 0.1) is 0 Å². The van der Waals surface area contributed by atoms with Crippen LogP contribution >= 0.6 is 0 Å². The summed E-state index contributed by atoms with van der Waals surface area (Å²) >= 11 is 0. The number of hydrogen-bond donors (Lipinski definition) is 2. The highest BCUT2D eigenvalue weighted by molar-refractivity contribution is 5.77. The van der Waals surface area contributed by atoms with Gasteiger partial charge in [0.2, 0.25) is 5.91 Å². The van der Waals surface area contributed by atoms with Crippen molar-refractivity contribution in [2.45, 2.75) is 0 Å². The van der Waals surface area contributed by atoms with E-state index in [2.05, 4.69) is 17.6 Å². The topological polar surface area (TPSA) is 50.4 Å². The van der Waals surface area contributed by atoms with Crippen molar-refractivity contribution in [3.63, 3.8) is 0 Å². The van der Waals surface area contributed by atoms with Gasteiger partial charge in [0, 0.05) is 19.7 Å². The molecule has 0 aliphatic carbocycles. The molecule has 0 aliphatic rings. The van der Waals surface area contributed by atoms with E-state index in [1.165, 1.54) is 0 Å². The quantitative estimate of drug-likeness (QED) is 0.497. The number of ether oxygens (including phenoxy) is 1. The molecule has 4 nitrogen and oxygen atoms in total. The SMILES string of the molecule is [CH2]COCC(=O)NCCNC. The largest absolute Gasteiger partial charge is 0.372 e. The van der Waals surface area contributed by atoms with Gasteiger partial charge in [-0.2, -0.15) is 0 Å². The van der Waals surface area contributed by atoms with Gasteiger partial charge < -0.3 is 15.4 Å². The van der Waals surface area contributed by atoms with Crippen LogP contribution in [0, 0.1) is 6.92 Å². The Balaban J connectivity index is 3.09. The summed E-state index contributed by atoms with van der Waals surface area (Å²) < 4.78 is 4.78. The minimum Gasteiger partial charge on any atom is -0.372 e. The molecule has 4 heteroatoms. The fourth-order valence-electron chi connectivity index (χ4n) is 0.543. The molecule has 1 amide bonds. The first-order valence-corrected chi connectivity index (χ1v) is 3.59. The maximum Gasteiger partial charge on any atom is 0.246 e. The second kappa shape index (κ2) is 7.50. The summed E-state index contributed by atoms with van der Waals surface area (Å²) in [6, 6.07) is 0. The van der Waals surface area contributed by atoms with Gasteiger partial charge in [-0.25, -0.2) is 0 Å². The lowest BCUT2D eigenvalue weighted by Gasteiger charge is -2.03. The Hall–Kier alpha value is -0.610. The van der Waals surface area contributed by atoms with Crippen molar-refractivity contribution in [1.82, 2.24) is 10.6 Å². The zero-order valence-corrected chi connectivity index (χ0v) is 6.85. The Morgan fingerprint density at radius 1 is 1.55 bits per heavy atom. The number of carbonyl (C=O) groups excluding carboxylic acids is 1. The molecule has 0 unspecified atom stereocenters. The van der Waals surface area contributed by atoms with Gasteiger partial charge in [0.25, 0.3) is 0 Å². The lowest BCUT2D eigenvalue weighted by atomic mass is 10.5. The molecule has 0 aromatic rings. The van der Waals surface area contributed by atoms with Crippen LogP contribution in [-0.2, 0) is 9.53 Å². The van der Waals surface area contributed by atoms with E-state index in [9.17, 15) is 4.79 Å². The standard InChI is InChI=1S/C7H15N2O2/c1-3-11-6-7(10)9-5-4-8-2/h8H,1,3-6H2,2H3,(H,9,10). The summed E-state index contributed by atoms with van der Waals surface area (Å²) in [6.45, 7) is 5.29. The van der Waals surface area contributed by atoms with Crippen molar-refractivity contribution < 1.29 is 9.53 Å². The summed E-state index contributed by atoms with van der Waals surface area (Å²) in [4.78, 5) is 10.8. The molecule has 0 spiro atoms. The van der Waals surface area contributed by atoms with Crippen molar-refractivity contribution >= 4 is 5.91 Å². The molecule has 2 N–H and O–H groups in total. The van der Waals surface area contributed by atoms with E-state index in [-0.39, 0.29) is 12.5 Å². The predicted molar refractivity (Wildman–Crippen MR) is 43.1 cm³/mol. The fourth-order valence-corrected chi connectivity index (χ4v) is 0.543. The minimum atomic E-state index is -0.0936. The summed E-state index contributed by atoms with van der Waals surface area (Å²) in [5.74, 6) is -0.0936. The van der Waals surface area contributed by atoms with Gasteiger partial charge in [-0.1, -0.05) is 0 Å². The Morgan fingerprint density at radius 2 is 2.27 bits per heavy atom. The van der Waals surface area contributed by atoms with Crippen LogP contribution in [0.25, 0.3) is 0 Å². The van der Waals surface area contributed by atoms with E-state index in [0.29, 0.717) is 13.2 Å².